The van der Waals surface area contributed by atoms with Gasteiger partial charge in [0.25, 0.3) is 5.91 Å². The van der Waals surface area contributed by atoms with Crippen LogP contribution in [0.25, 0.3) is 0 Å². The average molecular weight is 291 g/mol. The van der Waals surface area contributed by atoms with E-state index < -0.39 is 0 Å². The predicted molar refractivity (Wildman–Crippen MR) is 79.4 cm³/mol. The van der Waals surface area contributed by atoms with Crippen LogP contribution in [0.15, 0.2) is 23.7 Å². The molecule has 0 saturated heterocycles. The van der Waals surface area contributed by atoms with Gasteiger partial charge in [0.2, 0.25) is 0 Å². The van der Waals surface area contributed by atoms with Gasteiger partial charge in [-0.05, 0) is 19.4 Å². The van der Waals surface area contributed by atoms with Crippen LogP contribution in [0.1, 0.15) is 46.7 Å². The van der Waals surface area contributed by atoms with Crippen molar-refractivity contribution < 1.29 is 9.59 Å². The number of hydrogen-bond acceptors (Lipinski definition) is 4. The van der Waals surface area contributed by atoms with Crippen molar-refractivity contribution in [1.82, 2.24) is 9.78 Å². The van der Waals surface area contributed by atoms with E-state index in [1.165, 1.54) is 18.3 Å². The highest BCUT2D eigenvalue weighted by Gasteiger charge is 2.13. The van der Waals surface area contributed by atoms with Gasteiger partial charge in [-0.1, -0.05) is 13.3 Å². The Morgan fingerprint density at radius 2 is 2.25 bits per heavy atom. The van der Waals surface area contributed by atoms with Gasteiger partial charge in [0.1, 0.15) is 5.82 Å². The van der Waals surface area contributed by atoms with Crippen LogP contribution < -0.4 is 5.32 Å². The third-order valence-corrected chi connectivity index (χ3v) is 3.84. The number of carbonyl (C=O) groups excluding carboxylic acids is 2. The number of aryl methyl sites for hydroxylation is 1. The number of aromatic nitrogens is 2. The molecule has 2 aromatic rings. The first-order chi connectivity index (χ1) is 9.61. The van der Waals surface area contributed by atoms with E-state index in [0.29, 0.717) is 16.3 Å². The summed E-state index contributed by atoms with van der Waals surface area (Å²) in [4.78, 5) is 23.9. The second kappa shape index (κ2) is 6.47. The molecular formula is C14H17N3O2S. The molecule has 0 saturated carbocycles. The van der Waals surface area contributed by atoms with Gasteiger partial charge in [-0.2, -0.15) is 5.10 Å². The molecule has 0 aliphatic carbocycles. The van der Waals surface area contributed by atoms with Gasteiger partial charge in [0.05, 0.1) is 11.1 Å². The number of carbonyl (C=O) groups is 2. The van der Waals surface area contributed by atoms with Crippen LogP contribution in [-0.2, 0) is 6.54 Å². The Kier molecular flexibility index (Phi) is 4.68. The molecule has 0 atom stereocenters. The molecule has 0 spiro atoms. The summed E-state index contributed by atoms with van der Waals surface area (Å²) in [5.74, 6) is 0.440. The fourth-order valence-corrected chi connectivity index (χ4v) is 2.58. The average Bonchev–Trinajstić information content (AvgIpc) is 3.05. The Balaban J connectivity index is 2.07. The van der Waals surface area contributed by atoms with Gasteiger partial charge in [0.15, 0.2) is 5.78 Å². The lowest BCUT2D eigenvalue weighted by Gasteiger charge is -2.07. The number of nitrogens with one attached hydrogen (secondary N) is 1. The standard InChI is InChI=1S/C14H17N3O2S/c1-3-4-7-17-13(5-6-15-17)16-14(19)12-8-11(9-20-12)10(2)18/h5-6,8-9H,3-4,7H2,1-2H3,(H,16,19). The number of unbranched alkanes of at least 4 members (excludes halogenated alkanes) is 1. The molecule has 6 heteroatoms. The zero-order chi connectivity index (χ0) is 14.5. The topological polar surface area (TPSA) is 64.0 Å². The molecule has 0 fully saturated rings. The smallest absolute Gasteiger partial charge is 0.266 e. The van der Waals surface area contributed by atoms with Crippen molar-refractivity contribution in [2.75, 3.05) is 5.32 Å². The lowest BCUT2D eigenvalue weighted by molar-refractivity contribution is 0.101. The Labute approximate surface area is 121 Å². The van der Waals surface area contributed by atoms with Gasteiger partial charge in [-0.15, -0.1) is 11.3 Å². The maximum Gasteiger partial charge on any atom is 0.266 e. The number of ketones is 1. The largest absolute Gasteiger partial charge is 0.306 e. The fourth-order valence-electron chi connectivity index (χ4n) is 1.74. The van der Waals surface area contributed by atoms with Crippen molar-refractivity contribution in [3.05, 3.63) is 34.2 Å². The van der Waals surface area contributed by atoms with Crippen LogP contribution >= 0.6 is 11.3 Å². The normalized spacial score (nSPS) is 10.5. The molecule has 0 unspecified atom stereocenters. The van der Waals surface area contributed by atoms with Crippen LogP contribution in [0, 0.1) is 0 Å². The number of hydrogen-bond donors (Lipinski definition) is 1. The Morgan fingerprint density at radius 3 is 2.90 bits per heavy atom. The van der Waals surface area contributed by atoms with Crippen LogP contribution in [0.3, 0.4) is 0 Å². The quantitative estimate of drug-likeness (QED) is 0.831. The maximum atomic E-state index is 12.1. The maximum absolute atomic E-state index is 12.1. The highest BCUT2D eigenvalue weighted by atomic mass is 32.1. The molecular weight excluding hydrogens is 274 g/mol. The highest BCUT2D eigenvalue weighted by molar-refractivity contribution is 7.12. The molecule has 0 aliphatic rings. The number of rotatable bonds is 6. The van der Waals surface area contributed by atoms with Crippen molar-refractivity contribution in [2.24, 2.45) is 0 Å². The van der Waals surface area contributed by atoms with Crippen LogP contribution in [-0.4, -0.2) is 21.5 Å². The summed E-state index contributed by atoms with van der Waals surface area (Å²) in [5, 5.41) is 8.71. The second-order valence-corrected chi connectivity index (χ2v) is 5.41. The van der Waals surface area contributed by atoms with Crippen molar-refractivity contribution in [1.29, 1.82) is 0 Å². The summed E-state index contributed by atoms with van der Waals surface area (Å²) in [5.41, 5.74) is 0.569. The SMILES string of the molecule is CCCCn1nccc1NC(=O)c1cc(C(C)=O)cs1. The Bertz CT molecular complexity index is 615. The third-order valence-electron chi connectivity index (χ3n) is 2.91. The van der Waals surface area contributed by atoms with Crippen LogP contribution in [0.5, 0.6) is 0 Å². The molecule has 106 valence electrons. The van der Waals surface area contributed by atoms with E-state index in [1.54, 1.807) is 28.4 Å². The molecule has 0 radical (unpaired) electrons. The molecule has 1 amide bonds. The molecule has 2 aromatic heterocycles. The number of Topliss-reactive ketones (excluding diaryl/α,β-unsaturated/α-hetero) is 1. The molecule has 0 aromatic carbocycles. The first-order valence-electron chi connectivity index (χ1n) is 6.54. The Hall–Kier alpha value is -1.95. The predicted octanol–water partition coefficient (Wildman–Crippen LogP) is 3.20. The molecule has 0 aliphatic heterocycles. The minimum Gasteiger partial charge on any atom is -0.306 e. The third kappa shape index (κ3) is 3.33. The highest BCUT2D eigenvalue weighted by Crippen LogP contribution is 2.17. The second-order valence-electron chi connectivity index (χ2n) is 4.50. The summed E-state index contributed by atoms with van der Waals surface area (Å²) in [6.45, 7) is 4.38. The lowest BCUT2D eigenvalue weighted by atomic mass is 10.2. The summed E-state index contributed by atoms with van der Waals surface area (Å²) >= 11 is 1.27. The van der Waals surface area contributed by atoms with Gasteiger partial charge in [-0.25, -0.2) is 4.68 Å². The minimum absolute atomic E-state index is 0.0340. The van der Waals surface area contributed by atoms with E-state index >= 15 is 0 Å². The molecule has 2 rings (SSSR count). The summed E-state index contributed by atoms with van der Waals surface area (Å²) in [6, 6.07) is 3.39. The summed E-state index contributed by atoms with van der Waals surface area (Å²) in [7, 11) is 0. The zero-order valence-electron chi connectivity index (χ0n) is 11.5. The monoisotopic (exact) mass is 291 g/mol. The zero-order valence-corrected chi connectivity index (χ0v) is 12.4. The number of anilines is 1. The molecule has 5 nitrogen and oxygen atoms in total. The first-order valence-corrected chi connectivity index (χ1v) is 7.42. The van der Waals surface area contributed by atoms with E-state index in [0.717, 1.165) is 19.4 Å². The van der Waals surface area contributed by atoms with E-state index in [9.17, 15) is 9.59 Å². The van der Waals surface area contributed by atoms with Crippen molar-refractivity contribution >= 4 is 28.8 Å². The van der Waals surface area contributed by atoms with Crippen molar-refractivity contribution in [3.8, 4) is 0 Å². The number of nitrogens with zero attached hydrogens (tertiary/aromatic N) is 2. The van der Waals surface area contributed by atoms with E-state index in [1.807, 2.05) is 0 Å². The minimum atomic E-state index is -0.208. The number of thiophene rings is 1. The first kappa shape index (κ1) is 14.5. The van der Waals surface area contributed by atoms with Gasteiger partial charge in [0, 0.05) is 23.6 Å². The molecule has 1 N–H and O–H groups in total. The molecule has 0 bridgehead atoms. The Morgan fingerprint density at radius 1 is 1.45 bits per heavy atom. The number of amides is 1. The van der Waals surface area contributed by atoms with Crippen molar-refractivity contribution in [3.63, 3.8) is 0 Å². The molecule has 20 heavy (non-hydrogen) atoms. The lowest BCUT2D eigenvalue weighted by Crippen LogP contribution is -2.14. The van der Waals surface area contributed by atoms with Gasteiger partial charge in [-0.3, -0.25) is 9.59 Å². The van der Waals surface area contributed by atoms with E-state index in [-0.39, 0.29) is 11.7 Å². The summed E-state index contributed by atoms with van der Waals surface area (Å²) < 4.78 is 1.78. The van der Waals surface area contributed by atoms with Crippen LogP contribution in [0.4, 0.5) is 5.82 Å². The van der Waals surface area contributed by atoms with Gasteiger partial charge >= 0.3 is 0 Å². The van der Waals surface area contributed by atoms with E-state index in [4.69, 9.17) is 0 Å². The van der Waals surface area contributed by atoms with E-state index in [2.05, 4.69) is 17.3 Å². The van der Waals surface area contributed by atoms with Gasteiger partial charge < -0.3 is 5.32 Å². The fraction of sp³-hybridized carbons (Fsp3) is 0.357. The van der Waals surface area contributed by atoms with Crippen LogP contribution in [0.2, 0.25) is 0 Å². The van der Waals surface area contributed by atoms with Crippen molar-refractivity contribution in [2.45, 2.75) is 33.2 Å². The molecule has 2 heterocycles. The summed E-state index contributed by atoms with van der Waals surface area (Å²) in [6.07, 6.45) is 3.75.